The van der Waals surface area contributed by atoms with Crippen molar-refractivity contribution in [1.82, 2.24) is 10.2 Å². The number of nitrogens with one attached hydrogen (secondary N) is 2. The number of rotatable bonds is 4. The maximum Gasteiger partial charge on any atom is 0.0825 e. The van der Waals surface area contributed by atoms with Crippen LogP contribution in [0.3, 0.4) is 0 Å². The van der Waals surface area contributed by atoms with Crippen molar-refractivity contribution >= 4 is 5.69 Å². The standard InChI is InChI=1S/C17H25N3/c1-12-16(13(2)20-19-12)18-15(11-17(3,4)5)14-9-7-6-8-10-14/h6-10,15,18H,11H2,1-5H3,(H,19,20). The summed E-state index contributed by atoms with van der Waals surface area (Å²) in [6.07, 6.45) is 1.07. The van der Waals surface area contributed by atoms with Crippen molar-refractivity contribution in [2.45, 2.75) is 47.1 Å². The van der Waals surface area contributed by atoms with Crippen molar-refractivity contribution in [2.24, 2.45) is 5.41 Å². The highest BCUT2D eigenvalue weighted by Crippen LogP contribution is 2.33. The average Bonchev–Trinajstić information content (AvgIpc) is 2.69. The summed E-state index contributed by atoms with van der Waals surface area (Å²) >= 11 is 0. The fourth-order valence-electron chi connectivity index (χ4n) is 2.49. The molecule has 0 aliphatic rings. The second-order valence-electron chi connectivity index (χ2n) is 6.68. The maximum atomic E-state index is 4.27. The Kier molecular flexibility index (Phi) is 4.17. The molecule has 0 amide bonds. The van der Waals surface area contributed by atoms with E-state index < -0.39 is 0 Å². The van der Waals surface area contributed by atoms with Crippen LogP contribution in [0.2, 0.25) is 0 Å². The molecule has 2 aromatic rings. The summed E-state index contributed by atoms with van der Waals surface area (Å²) in [6, 6.07) is 10.9. The molecule has 0 bridgehead atoms. The normalized spacial score (nSPS) is 13.2. The lowest BCUT2D eigenvalue weighted by Gasteiger charge is -2.28. The minimum atomic E-state index is 0.263. The molecule has 2 N–H and O–H groups in total. The molecule has 1 unspecified atom stereocenters. The van der Waals surface area contributed by atoms with Gasteiger partial charge in [0.15, 0.2) is 0 Å². The van der Waals surface area contributed by atoms with Crippen molar-refractivity contribution in [3.05, 3.63) is 47.3 Å². The van der Waals surface area contributed by atoms with Gasteiger partial charge in [-0.15, -0.1) is 0 Å². The van der Waals surface area contributed by atoms with Crippen LogP contribution >= 0.6 is 0 Å². The van der Waals surface area contributed by atoms with Gasteiger partial charge in [0, 0.05) is 0 Å². The van der Waals surface area contributed by atoms with Gasteiger partial charge in [0.25, 0.3) is 0 Å². The highest BCUT2D eigenvalue weighted by atomic mass is 15.2. The largest absolute Gasteiger partial charge is 0.375 e. The lowest BCUT2D eigenvalue weighted by atomic mass is 9.85. The van der Waals surface area contributed by atoms with Crippen molar-refractivity contribution in [2.75, 3.05) is 5.32 Å². The molecule has 0 saturated heterocycles. The van der Waals surface area contributed by atoms with Gasteiger partial charge < -0.3 is 5.32 Å². The molecular formula is C17H25N3. The monoisotopic (exact) mass is 271 g/mol. The fraction of sp³-hybridized carbons (Fsp3) is 0.471. The van der Waals surface area contributed by atoms with Crippen molar-refractivity contribution < 1.29 is 0 Å². The van der Waals surface area contributed by atoms with E-state index in [9.17, 15) is 0 Å². The lowest BCUT2D eigenvalue weighted by molar-refractivity contribution is 0.352. The van der Waals surface area contributed by atoms with Gasteiger partial charge in [-0.2, -0.15) is 5.10 Å². The number of hydrogen-bond acceptors (Lipinski definition) is 2. The molecule has 1 atom stereocenters. The first-order valence-corrected chi connectivity index (χ1v) is 7.20. The summed E-state index contributed by atoms with van der Waals surface area (Å²) in [6.45, 7) is 10.9. The van der Waals surface area contributed by atoms with Crippen LogP contribution in [0.4, 0.5) is 5.69 Å². The highest BCUT2D eigenvalue weighted by molar-refractivity contribution is 5.53. The first-order chi connectivity index (χ1) is 9.37. The Bertz CT molecular complexity index is 530. The smallest absolute Gasteiger partial charge is 0.0825 e. The van der Waals surface area contributed by atoms with Crippen LogP contribution in [0.1, 0.15) is 50.2 Å². The summed E-state index contributed by atoms with van der Waals surface area (Å²) in [7, 11) is 0. The Hall–Kier alpha value is -1.77. The molecule has 0 radical (unpaired) electrons. The van der Waals surface area contributed by atoms with Crippen LogP contribution in [0.5, 0.6) is 0 Å². The van der Waals surface area contributed by atoms with Crippen LogP contribution in [0, 0.1) is 19.3 Å². The molecule has 20 heavy (non-hydrogen) atoms. The number of benzene rings is 1. The van der Waals surface area contributed by atoms with Gasteiger partial charge >= 0.3 is 0 Å². The predicted octanol–water partition coefficient (Wildman–Crippen LogP) is 4.62. The molecule has 0 spiro atoms. The second kappa shape index (κ2) is 5.70. The van der Waals surface area contributed by atoms with E-state index in [-0.39, 0.29) is 5.41 Å². The number of H-pyrrole nitrogens is 1. The Morgan fingerprint density at radius 3 is 2.30 bits per heavy atom. The predicted molar refractivity (Wildman–Crippen MR) is 84.9 cm³/mol. The van der Waals surface area contributed by atoms with Gasteiger partial charge in [0.05, 0.1) is 23.1 Å². The van der Waals surface area contributed by atoms with Crippen molar-refractivity contribution in [1.29, 1.82) is 0 Å². The van der Waals surface area contributed by atoms with Gasteiger partial charge in [-0.25, -0.2) is 0 Å². The Balaban J connectivity index is 2.28. The Morgan fingerprint density at radius 1 is 1.15 bits per heavy atom. The molecule has 0 aliphatic heterocycles. The zero-order valence-electron chi connectivity index (χ0n) is 13.1. The van der Waals surface area contributed by atoms with Crippen molar-refractivity contribution in [3.63, 3.8) is 0 Å². The van der Waals surface area contributed by atoms with E-state index >= 15 is 0 Å². The van der Waals surface area contributed by atoms with Crippen LogP contribution < -0.4 is 5.32 Å². The first kappa shape index (κ1) is 14.6. The number of aromatic nitrogens is 2. The Morgan fingerprint density at radius 2 is 1.80 bits per heavy atom. The second-order valence-corrected chi connectivity index (χ2v) is 6.68. The van der Waals surface area contributed by atoms with Gasteiger partial charge in [-0.3, -0.25) is 5.10 Å². The topological polar surface area (TPSA) is 40.7 Å². The van der Waals surface area contributed by atoms with E-state index in [0.717, 1.165) is 23.5 Å². The van der Waals surface area contributed by atoms with Crippen LogP contribution in [0.25, 0.3) is 0 Å². The lowest BCUT2D eigenvalue weighted by Crippen LogP contribution is -2.19. The molecular weight excluding hydrogens is 246 g/mol. The SMILES string of the molecule is Cc1n[nH]c(C)c1NC(CC(C)(C)C)c1ccccc1. The number of aryl methyl sites for hydroxylation is 2. The number of nitrogens with zero attached hydrogens (tertiary/aromatic N) is 1. The molecule has 0 fully saturated rings. The minimum Gasteiger partial charge on any atom is -0.375 e. The molecule has 0 saturated carbocycles. The van der Waals surface area contributed by atoms with Crippen LogP contribution in [-0.4, -0.2) is 10.2 Å². The number of anilines is 1. The summed E-state index contributed by atoms with van der Waals surface area (Å²) < 4.78 is 0. The number of hydrogen-bond donors (Lipinski definition) is 2. The highest BCUT2D eigenvalue weighted by Gasteiger charge is 2.21. The summed E-state index contributed by atoms with van der Waals surface area (Å²) in [4.78, 5) is 0. The summed E-state index contributed by atoms with van der Waals surface area (Å²) in [5, 5.41) is 11.0. The third kappa shape index (κ3) is 3.62. The van der Waals surface area contributed by atoms with Crippen LogP contribution in [0.15, 0.2) is 30.3 Å². The average molecular weight is 271 g/mol. The van der Waals surface area contributed by atoms with E-state index in [4.69, 9.17) is 0 Å². The maximum absolute atomic E-state index is 4.27. The zero-order valence-corrected chi connectivity index (χ0v) is 13.1. The van der Waals surface area contributed by atoms with E-state index in [1.165, 1.54) is 5.56 Å². The van der Waals surface area contributed by atoms with Crippen molar-refractivity contribution in [3.8, 4) is 0 Å². The van der Waals surface area contributed by atoms with E-state index in [1.807, 2.05) is 6.92 Å². The van der Waals surface area contributed by atoms with Crippen LogP contribution in [-0.2, 0) is 0 Å². The van der Waals surface area contributed by atoms with Gasteiger partial charge in [0.2, 0.25) is 0 Å². The fourth-order valence-corrected chi connectivity index (χ4v) is 2.49. The van der Waals surface area contributed by atoms with E-state index in [1.54, 1.807) is 0 Å². The quantitative estimate of drug-likeness (QED) is 0.852. The van der Waals surface area contributed by atoms with E-state index in [0.29, 0.717) is 6.04 Å². The molecule has 3 heteroatoms. The summed E-state index contributed by atoms with van der Waals surface area (Å²) in [5.41, 5.74) is 4.83. The summed E-state index contributed by atoms with van der Waals surface area (Å²) in [5.74, 6) is 0. The molecule has 1 heterocycles. The Labute approximate surface area is 121 Å². The molecule has 1 aromatic heterocycles. The van der Waals surface area contributed by atoms with Gasteiger partial charge in [0.1, 0.15) is 0 Å². The molecule has 108 valence electrons. The molecule has 3 nitrogen and oxygen atoms in total. The minimum absolute atomic E-state index is 0.263. The molecule has 2 rings (SSSR count). The third-order valence-corrected chi connectivity index (χ3v) is 3.47. The third-order valence-electron chi connectivity index (χ3n) is 3.47. The number of aromatic amines is 1. The zero-order chi connectivity index (χ0) is 14.8. The first-order valence-electron chi connectivity index (χ1n) is 7.20. The molecule has 0 aliphatic carbocycles. The van der Waals surface area contributed by atoms with E-state index in [2.05, 4.69) is 73.5 Å². The van der Waals surface area contributed by atoms with Gasteiger partial charge in [-0.1, -0.05) is 51.1 Å². The van der Waals surface area contributed by atoms with Gasteiger partial charge in [-0.05, 0) is 31.2 Å². The molecule has 1 aromatic carbocycles.